The molecule has 2 amide bonds. The Bertz CT molecular complexity index is 995. The van der Waals surface area contributed by atoms with Crippen molar-refractivity contribution in [2.45, 2.75) is 18.5 Å². The molecule has 2 aliphatic rings. The van der Waals surface area contributed by atoms with E-state index in [4.69, 9.17) is 14.5 Å². The summed E-state index contributed by atoms with van der Waals surface area (Å²) in [4.78, 5) is 31.8. The van der Waals surface area contributed by atoms with E-state index in [0.717, 1.165) is 11.3 Å². The number of carbonyl (C=O) groups excluding carboxylic acids is 2. The van der Waals surface area contributed by atoms with Gasteiger partial charge in [0.1, 0.15) is 22.9 Å². The highest BCUT2D eigenvalue weighted by atomic mass is 16.5. The lowest BCUT2D eigenvalue weighted by atomic mass is 9.98. The van der Waals surface area contributed by atoms with Gasteiger partial charge in [-0.2, -0.15) is 0 Å². The Morgan fingerprint density at radius 2 is 1.81 bits per heavy atom. The maximum absolute atomic E-state index is 12.6. The van der Waals surface area contributed by atoms with Gasteiger partial charge in [-0.1, -0.05) is 6.07 Å². The zero-order valence-electron chi connectivity index (χ0n) is 17.7. The molecule has 0 saturated carbocycles. The van der Waals surface area contributed by atoms with Gasteiger partial charge in [-0.25, -0.2) is 0 Å². The quantitative estimate of drug-likeness (QED) is 0.744. The number of aliphatic imine (C=N–C) groups is 1. The van der Waals surface area contributed by atoms with Crippen LogP contribution in [0.4, 0.5) is 5.69 Å². The lowest BCUT2D eigenvalue weighted by molar-refractivity contribution is -0.119. The highest BCUT2D eigenvalue weighted by molar-refractivity contribution is 6.46. The van der Waals surface area contributed by atoms with Gasteiger partial charge >= 0.3 is 0 Å². The zero-order chi connectivity index (χ0) is 21.8. The summed E-state index contributed by atoms with van der Waals surface area (Å²) < 4.78 is 10.4. The molecule has 2 aromatic rings. The Morgan fingerprint density at radius 1 is 1.10 bits per heavy atom. The largest absolute Gasteiger partial charge is 0.497 e. The minimum Gasteiger partial charge on any atom is -0.497 e. The molecule has 0 bridgehead atoms. The molecule has 2 N–H and O–H groups in total. The van der Waals surface area contributed by atoms with Crippen LogP contribution in [0.3, 0.4) is 0 Å². The van der Waals surface area contributed by atoms with Gasteiger partial charge in [0.05, 0.1) is 20.8 Å². The second-order valence-corrected chi connectivity index (χ2v) is 7.73. The van der Waals surface area contributed by atoms with Gasteiger partial charge in [-0.15, -0.1) is 0 Å². The van der Waals surface area contributed by atoms with E-state index in [1.807, 2.05) is 42.5 Å². The lowest BCUT2D eigenvalue weighted by Crippen LogP contribution is -2.52. The number of ether oxygens (including phenoxy) is 2. The maximum atomic E-state index is 12.6. The van der Waals surface area contributed by atoms with Crippen LogP contribution < -0.4 is 20.1 Å². The fourth-order valence-electron chi connectivity index (χ4n) is 3.93. The summed E-state index contributed by atoms with van der Waals surface area (Å²) in [7, 11) is 3.20. The van der Waals surface area contributed by atoms with Crippen molar-refractivity contribution >= 4 is 23.2 Å². The minimum atomic E-state index is -0.591. The van der Waals surface area contributed by atoms with Gasteiger partial charge in [0.25, 0.3) is 5.91 Å². The monoisotopic (exact) mass is 422 g/mol. The van der Waals surface area contributed by atoms with Crippen LogP contribution in [-0.4, -0.2) is 61.9 Å². The predicted molar refractivity (Wildman–Crippen MR) is 118 cm³/mol. The third-order valence-corrected chi connectivity index (χ3v) is 5.65. The lowest BCUT2D eigenvalue weighted by Gasteiger charge is -2.36. The van der Waals surface area contributed by atoms with Crippen molar-refractivity contribution in [1.29, 1.82) is 0 Å². The molecule has 162 valence electrons. The summed E-state index contributed by atoms with van der Waals surface area (Å²) in [6.07, 6.45) is 1.32. The number of carbonyl (C=O) groups is 2. The van der Waals surface area contributed by atoms with E-state index in [2.05, 4.69) is 15.5 Å². The summed E-state index contributed by atoms with van der Waals surface area (Å²) in [6, 6.07) is 14.6. The predicted octanol–water partition coefficient (Wildman–Crippen LogP) is 2.05. The van der Waals surface area contributed by atoms with E-state index in [9.17, 15) is 9.59 Å². The third-order valence-electron chi connectivity index (χ3n) is 5.65. The van der Waals surface area contributed by atoms with Crippen molar-refractivity contribution in [2.24, 2.45) is 4.99 Å². The second-order valence-electron chi connectivity index (χ2n) is 7.73. The number of likely N-dealkylation sites (tertiary alicyclic amines) is 1. The number of amides is 2. The van der Waals surface area contributed by atoms with Gasteiger partial charge in [0.2, 0.25) is 5.91 Å². The van der Waals surface area contributed by atoms with Crippen molar-refractivity contribution in [2.75, 3.05) is 39.2 Å². The number of anilines is 1. The first-order chi connectivity index (χ1) is 15.0. The second kappa shape index (κ2) is 8.77. The molecule has 0 atom stereocenters. The van der Waals surface area contributed by atoms with Crippen LogP contribution in [0.25, 0.3) is 0 Å². The molecular formula is C23H26N4O4. The Balaban J connectivity index is 1.34. The van der Waals surface area contributed by atoms with E-state index in [-0.39, 0.29) is 18.4 Å². The average molecular weight is 422 g/mol. The van der Waals surface area contributed by atoms with E-state index in [1.54, 1.807) is 20.3 Å². The maximum Gasteiger partial charge on any atom is 0.272 e. The Morgan fingerprint density at radius 3 is 2.48 bits per heavy atom. The summed E-state index contributed by atoms with van der Waals surface area (Å²) in [6.45, 7) is 1.63. The fourth-order valence-corrected chi connectivity index (χ4v) is 3.93. The molecule has 2 aliphatic heterocycles. The summed E-state index contributed by atoms with van der Waals surface area (Å²) in [5, 5.41) is 5.96. The molecule has 31 heavy (non-hydrogen) atoms. The molecule has 8 heteroatoms. The normalized spacial score (nSPS) is 17.7. The molecular weight excluding hydrogens is 396 g/mol. The van der Waals surface area contributed by atoms with Gasteiger partial charge in [0, 0.05) is 43.2 Å². The van der Waals surface area contributed by atoms with Crippen LogP contribution in [0.15, 0.2) is 53.5 Å². The number of hydrogen-bond donors (Lipinski definition) is 2. The van der Waals surface area contributed by atoms with Gasteiger partial charge in [-0.05, 0) is 36.4 Å². The highest BCUT2D eigenvalue weighted by Gasteiger charge is 2.42. The average Bonchev–Trinajstić information content (AvgIpc) is 3.11. The fraction of sp³-hybridized carbons (Fsp3) is 0.348. The summed E-state index contributed by atoms with van der Waals surface area (Å²) in [5.41, 5.74) is 1.34. The van der Waals surface area contributed by atoms with Crippen molar-refractivity contribution in [3.8, 4) is 11.5 Å². The van der Waals surface area contributed by atoms with Crippen LogP contribution in [0.2, 0.25) is 0 Å². The van der Waals surface area contributed by atoms with E-state index in [0.29, 0.717) is 43.1 Å². The number of nitrogens with one attached hydrogen (secondary N) is 2. The van der Waals surface area contributed by atoms with E-state index < -0.39 is 5.66 Å². The van der Waals surface area contributed by atoms with Crippen LogP contribution in [0.5, 0.6) is 11.5 Å². The topological polar surface area (TPSA) is 92.3 Å². The van der Waals surface area contributed by atoms with Gasteiger partial charge in [-0.3, -0.25) is 19.5 Å². The van der Waals surface area contributed by atoms with Crippen LogP contribution in [-0.2, 0) is 9.59 Å². The Labute approximate surface area is 181 Å². The molecule has 0 radical (unpaired) electrons. The Kier molecular flexibility index (Phi) is 5.90. The van der Waals surface area contributed by atoms with E-state index in [1.165, 1.54) is 0 Å². The van der Waals surface area contributed by atoms with E-state index >= 15 is 0 Å². The summed E-state index contributed by atoms with van der Waals surface area (Å²) in [5.74, 6) is 1.19. The first-order valence-corrected chi connectivity index (χ1v) is 10.2. The molecule has 1 saturated heterocycles. The third kappa shape index (κ3) is 4.69. The minimum absolute atomic E-state index is 0.0814. The number of piperidine rings is 1. The zero-order valence-corrected chi connectivity index (χ0v) is 17.7. The number of benzene rings is 2. The standard InChI is InChI=1S/C23H26N4O4/c1-30-18-8-6-16(7-9-18)21-22(29)26-23(25-21)10-12-27(13-11-23)15-20(28)24-17-4-3-5-19(14-17)31-2/h3-9,14H,10-13,15H2,1-2H3,(H,24,28)(H,26,29). The van der Waals surface area contributed by atoms with Gasteiger partial charge < -0.3 is 20.1 Å². The number of rotatable bonds is 6. The highest BCUT2D eigenvalue weighted by Crippen LogP contribution is 2.29. The molecule has 0 aliphatic carbocycles. The Hall–Kier alpha value is -3.39. The molecule has 1 spiro atoms. The number of hydrogen-bond acceptors (Lipinski definition) is 6. The molecule has 0 aromatic heterocycles. The summed E-state index contributed by atoms with van der Waals surface area (Å²) >= 11 is 0. The molecule has 4 rings (SSSR count). The smallest absolute Gasteiger partial charge is 0.272 e. The number of nitrogens with zero attached hydrogens (tertiary/aromatic N) is 2. The first kappa shape index (κ1) is 20.9. The molecule has 8 nitrogen and oxygen atoms in total. The molecule has 2 heterocycles. The van der Waals surface area contributed by atoms with Crippen molar-refractivity contribution < 1.29 is 19.1 Å². The van der Waals surface area contributed by atoms with Crippen molar-refractivity contribution in [3.63, 3.8) is 0 Å². The van der Waals surface area contributed by atoms with Gasteiger partial charge in [0.15, 0.2) is 0 Å². The SMILES string of the molecule is COc1ccc(C2=NC3(CCN(CC(=O)Nc4cccc(OC)c4)CC3)NC2=O)cc1. The molecule has 0 unspecified atom stereocenters. The van der Waals surface area contributed by atoms with Crippen LogP contribution in [0.1, 0.15) is 18.4 Å². The van der Waals surface area contributed by atoms with Crippen molar-refractivity contribution in [1.82, 2.24) is 10.2 Å². The molecule has 2 aromatic carbocycles. The van der Waals surface area contributed by atoms with Crippen molar-refractivity contribution in [3.05, 3.63) is 54.1 Å². The van der Waals surface area contributed by atoms with Crippen LogP contribution >= 0.6 is 0 Å². The number of methoxy groups -OCH3 is 2. The first-order valence-electron chi connectivity index (χ1n) is 10.2. The molecule has 1 fully saturated rings. The van der Waals surface area contributed by atoms with Crippen LogP contribution in [0, 0.1) is 0 Å².